The van der Waals surface area contributed by atoms with Gasteiger partial charge in [-0.15, -0.1) is 23.1 Å². The van der Waals surface area contributed by atoms with E-state index in [0.717, 1.165) is 16.0 Å². The van der Waals surface area contributed by atoms with E-state index in [1.165, 1.54) is 28.0 Å². The van der Waals surface area contributed by atoms with Gasteiger partial charge in [0.15, 0.2) is 6.10 Å². The predicted octanol–water partition coefficient (Wildman–Crippen LogP) is 3.86. The Hall–Kier alpha value is -3.69. The summed E-state index contributed by atoms with van der Waals surface area (Å²) in [6, 6.07) is 21.5. The van der Waals surface area contributed by atoms with Crippen molar-refractivity contribution < 1.29 is 23.9 Å². The van der Waals surface area contributed by atoms with Gasteiger partial charge in [0.05, 0.1) is 6.42 Å². The smallest absolute Gasteiger partial charge is 0.356 e. The van der Waals surface area contributed by atoms with E-state index in [0.29, 0.717) is 6.29 Å². The van der Waals surface area contributed by atoms with E-state index < -0.39 is 29.4 Å². The second-order valence-electron chi connectivity index (χ2n) is 8.71. The van der Waals surface area contributed by atoms with Gasteiger partial charge in [-0.3, -0.25) is 19.3 Å². The van der Waals surface area contributed by atoms with Crippen LogP contribution in [0.25, 0.3) is 0 Å². The summed E-state index contributed by atoms with van der Waals surface area (Å²) in [6.45, 7) is 1.80. The molecule has 188 valence electrons. The van der Waals surface area contributed by atoms with Crippen LogP contribution in [-0.2, 0) is 30.3 Å². The fourth-order valence-corrected chi connectivity index (χ4v) is 6.61. The van der Waals surface area contributed by atoms with Crippen LogP contribution in [0, 0.1) is 0 Å². The van der Waals surface area contributed by atoms with Crippen molar-refractivity contribution in [2.75, 3.05) is 0 Å². The van der Waals surface area contributed by atoms with Crippen LogP contribution in [0.2, 0.25) is 0 Å². The molecule has 2 aliphatic heterocycles. The van der Waals surface area contributed by atoms with Crippen molar-refractivity contribution in [3.63, 3.8) is 0 Å². The van der Waals surface area contributed by atoms with Gasteiger partial charge < -0.3 is 10.1 Å². The van der Waals surface area contributed by atoms with Crippen molar-refractivity contribution in [1.29, 1.82) is 0 Å². The summed E-state index contributed by atoms with van der Waals surface area (Å²) >= 11 is 2.83. The van der Waals surface area contributed by atoms with Crippen LogP contribution in [-0.4, -0.2) is 45.6 Å². The Morgan fingerprint density at radius 2 is 1.68 bits per heavy atom. The third-order valence-corrected chi connectivity index (χ3v) is 8.62. The molecule has 1 unspecified atom stereocenters. The largest absolute Gasteiger partial charge is 0.448 e. The third kappa shape index (κ3) is 4.97. The van der Waals surface area contributed by atoms with Gasteiger partial charge in [0.2, 0.25) is 5.91 Å². The van der Waals surface area contributed by atoms with Crippen LogP contribution in [0.5, 0.6) is 0 Å². The Labute approximate surface area is 222 Å². The number of aldehydes is 1. The number of nitrogens with one attached hydrogen (secondary N) is 1. The zero-order valence-corrected chi connectivity index (χ0v) is 21.5. The Morgan fingerprint density at radius 3 is 2.24 bits per heavy atom. The van der Waals surface area contributed by atoms with Gasteiger partial charge in [0.25, 0.3) is 5.91 Å². The normalized spacial score (nSPS) is 20.8. The molecule has 37 heavy (non-hydrogen) atoms. The number of amides is 2. The number of thiophene rings is 1. The van der Waals surface area contributed by atoms with Gasteiger partial charge in [-0.25, -0.2) is 4.79 Å². The molecule has 0 saturated carbocycles. The van der Waals surface area contributed by atoms with Crippen LogP contribution in [0.1, 0.15) is 29.0 Å². The number of β-lactam (4-membered cyclic amide) rings is 1. The maximum atomic E-state index is 13.6. The Kier molecular flexibility index (Phi) is 7.25. The molecule has 0 bridgehead atoms. The summed E-state index contributed by atoms with van der Waals surface area (Å²) in [5.74, 6) is -1.46. The lowest BCUT2D eigenvalue weighted by molar-refractivity contribution is -0.154. The van der Waals surface area contributed by atoms with E-state index in [2.05, 4.69) is 5.32 Å². The van der Waals surface area contributed by atoms with Crippen molar-refractivity contribution >= 4 is 47.2 Å². The van der Waals surface area contributed by atoms with Crippen molar-refractivity contribution in [2.24, 2.45) is 0 Å². The molecule has 0 aliphatic carbocycles. The summed E-state index contributed by atoms with van der Waals surface area (Å²) in [5, 5.41) is 3.82. The fraction of sp³-hybridized carbons (Fsp3) is 0.214. The van der Waals surface area contributed by atoms with Crippen molar-refractivity contribution in [1.82, 2.24) is 10.2 Å². The number of hydrogen-bond acceptors (Lipinski definition) is 7. The van der Waals surface area contributed by atoms with Crippen molar-refractivity contribution in [3.05, 3.63) is 105 Å². The van der Waals surface area contributed by atoms with E-state index in [4.69, 9.17) is 4.74 Å². The fourth-order valence-electron chi connectivity index (χ4n) is 4.50. The van der Waals surface area contributed by atoms with E-state index in [1.807, 2.05) is 78.2 Å². The molecular weight excluding hydrogens is 508 g/mol. The average molecular weight is 533 g/mol. The number of rotatable bonds is 8. The predicted molar refractivity (Wildman–Crippen MR) is 142 cm³/mol. The van der Waals surface area contributed by atoms with Gasteiger partial charge in [-0.05, 0) is 29.5 Å². The molecule has 5 rings (SSSR count). The topological polar surface area (TPSA) is 92.8 Å². The van der Waals surface area contributed by atoms with E-state index in [1.54, 1.807) is 6.92 Å². The highest BCUT2D eigenvalue weighted by Crippen LogP contribution is 2.44. The summed E-state index contributed by atoms with van der Waals surface area (Å²) in [4.78, 5) is 53.6. The molecule has 2 aliphatic rings. The highest BCUT2D eigenvalue weighted by Gasteiger charge is 2.56. The molecule has 2 amide bonds. The second-order valence-corrected chi connectivity index (χ2v) is 11.2. The van der Waals surface area contributed by atoms with Gasteiger partial charge in [0, 0.05) is 15.7 Å². The van der Waals surface area contributed by atoms with E-state index >= 15 is 0 Å². The van der Waals surface area contributed by atoms with Gasteiger partial charge in [0.1, 0.15) is 23.4 Å². The van der Waals surface area contributed by atoms with Crippen LogP contribution in [0.3, 0.4) is 0 Å². The molecule has 3 heterocycles. The maximum absolute atomic E-state index is 13.6. The zero-order valence-electron chi connectivity index (χ0n) is 19.9. The quantitative estimate of drug-likeness (QED) is 0.269. The molecule has 7 nitrogen and oxygen atoms in total. The monoisotopic (exact) mass is 532 g/mol. The summed E-state index contributed by atoms with van der Waals surface area (Å²) in [5.41, 5.74) is 1.66. The number of benzene rings is 2. The van der Waals surface area contributed by atoms with Gasteiger partial charge in [-0.1, -0.05) is 66.7 Å². The molecule has 1 fully saturated rings. The minimum Gasteiger partial charge on any atom is -0.448 e. The highest BCUT2D eigenvalue weighted by atomic mass is 32.2. The molecule has 1 aromatic heterocycles. The minimum absolute atomic E-state index is 0.0585. The minimum atomic E-state index is -0.782. The number of nitrogens with zero attached hydrogens (tertiary/aromatic N) is 1. The third-order valence-electron chi connectivity index (χ3n) is 6.32. The lowest BCUT2D eigenvalue weighted by Gasteiger charge is -2.50. The van der Waals surface area contributed by atoms with Crippen molar-refractivity contribution in [3.8, 4) is 0 Å². The first-order valence-corrected chi connectivity index (χ1v) is 13.6. The Balaban J connectivity index is 1.40. The number of hydrogen-bond donors (Lipinski definition) is 1. The summed E-state index contributed by atoms with van der Waals surface area (Å²) < 4.78 is 5.99. The lowest BCUT2D eigenvalue weighted by atomic mass is 9.99. The van der Waals surface area contributed by atoms with Gasteiger partial charge in [-0.2, -0.15) is 0 Å². The second kappa shape index (κ2) is 10.7. The first-order chi connectivity index (χ1) is 18.0. The number of carbonyl (C=O) groups is 4. The first-order valence-electron chi connectivity index (χ1n) is 11.8. The molecule has 1 N–H and O–H groups in total. The molecular formula is C28H24N2O5S2. The molecule has 0 spiro atoms. The standard InChI is InChI=1S/C28H24N2O5S2/c1-17-21(16-31)24(28(34)35-25(18-9-4-2-5-10-18)19-11-6-3-7-12-19)30-26(33)23(27(30)37-17)29-22(32)15-20-13-8-14-36-20/h2-14,16-17,23,25,27H,15H2,1H3,(H,29,32)/t17-,23?,27+/m1/s1. The van der Waals surface area contributed by atoms with Crippen LogP contribution >= 0.6 is 23.1 Å². The molecule has 1 saturated heterocycles. The SMILES string of the molecule is C[C@H]1S[C@H]2C(NC(=O)Cc3cccs3)C(=O)N2C(C(=O)OC(c2ccccc2)c2ccccc2)=C1C=O. The molecule has 0 radical (unpaired) electrons. The molecule has 9 heteroatoms. The maximum Gasteiger partial charge on any atom is 0.356 e. The van der Waals surface area contributed by atoms with Crippen LogP contribution in [0.4, 0.5) is 0 Å². The zero-order chi connectivity index (χ0) is 25.9. The summed E-state index contributed by atoms with van der Waals surface area (Å²) in [7, 11) is 0. The van der Waals surface area contributed by atoms with Crippen LogP contribution in [0.15, 0.2) is 89.4 Å². The molecule has 2 aromatic carbocycles. The first kappa shape index (κ1) is 25.0. The number of carbonyl (C=O) groups excluding carboxylic acids is 4. The lowest BCUT2D eigenvalue weighted by Crippen LogP contribution is -2.71. The van der Waals surface area contributed by atoms with Crippen LogP contribution < -0.4 is 5.32 Å². The number of ether oxygens (including phenoxy) is 1. The Bertz CT molecular complexity index is 1300. The number of fused-ring (bicyclic) bond motifs is 1. The molecule has 3 atom stereocenters. The van der Waals surface area contributed by atoms with E-state index in [9.17, 15) is 19.2 Å². The highest BCUT2D eigenvalue weighted by molar-refractivity contribution is 8.00. The Morgan fingerprint density at radius 1 is 1.03 bits per heavy atom. The summed E-state index contributed by atoms with van der Waals surface area (Å²) in [6.07, 6.45) is 0.0611. The van der Waals surface area contributed by atoms with Crippen molar-refractivity contribution in [2.45, 2.75) is 36.1 Å². The van der Waals surface area contributed by atoms with E-state index in [-0.39, 0.29) is 28.8 Å². The molecule has 3 aromatic rings. The van der Waals surface area contributed by atoms with Gasteiger partial charge >= 0.3 is 5.97 Å². The number of thioether (sulfide) groups is 1. The number of esters is 1. The average Bonchev–Trinajstić information content (AvgIpc) is 3.43.